The van der Waals surface area contributed by atoms with Crippen molar-refractivity contribution in [2.24, 2.45) is 0 Å². The quantitative estimate of drug-likeness (QED) is 0.0197. The van der Waals surface area contributed by atoms with Gasteiger partial charge in [0.15, 0.2) is 6.10 Å². The third kappa shape index (κ3) is 46.8. The minimum Gasteiger partial charge on any atom is -0.462 e. The van der Waals surface area contributed by atoms with Crippen molar-refractivity contribution >= 4 is 25.7 Å². The lowest BCUT2D eigenvalue weighted by Gasteiger charge is -2.21. The van der Waals surface area contributed by atoms with Crippen LogP contribution in [0.3, 0.4) is 0 Å². The molecule has 0 rings (SSSR count). The fourth-order valence-electron chi connectivity index (χ4n) is 7.39. The summed E-state index contributed by atoms with van der Waals surface area (Å²) in [6, 6.07) is 0. The van der Waals surface area contributed by atoms with E-state index in [1.807, 2.05) is 0 Å². The van der Waals surface area contributed by atoms with Crippen molar-refractivity contribution in [3.05, 3.63) is 36.5 Å². The summed E-state index contributed by atoms with van der Waals surface area (Å²) < 4.78 is 39.3. The molecule has 0 radical (unpaired) electrons. The number of esters is 3. The highest BCUT2D eigenvalue weighted by Gasteiger charge is 2.28. The Balaban J connectivity index is 4.73. The van der Waals surface area contributed by atoms with E-state index in [1.54, 1.807) is 0 Å². The van der Waals surface area contributed by atoms with Gasteiger partial charge in [0.2, 0.25) is 0 Å². The lowest BCUT2D eigenvalue weighted by atomic mass is 10.1. The second-order valence-electron chi connectivity index (χ2n) is 18.0. The van der Waals surface area contributed by atoms with Gasteiger partial charge >= 0.3 is 25.7 Å². The van der Waals surface area contributed by atoms with E-state index < -0.39 is 57.8 Å². The van der Waals surface area contributed by atoms with Gasteiger partial charge in [0.1, 0.15) is 12.7 Å². The zero-order valence-corrected chi connectivity index (χ0v) is 43.3. The highest BCUT2D eigenvalue weighted by Crippen LogP contribution is 2.43. The summed E-state index contributed by atoms with van der Waals surface area (Å²) in [5, 5.41) is 9.75. The maximum Gasteiger partial charge on any atom is 0.472 e. The first-order valence-corrected chi connectivity index (χ1v) is 28.4. The predicted octanol–water partition coefficient (Wildman–Crippen LogP) is 15.3. The summed E-state index contributed by atoms with van der Waals surface area (Å²) >= 11 is 0. The van der Waals surface area contributed by atoms with Gasteiger partial charge < -0.3 is 24.2 Å². The number of carbonyl (C=O) groups is 3. The van der Waals surface area contributed by atoms with Crippen LogP contribution in [-0.2, 0) is 42.2 Å². The highest BCUT2D eigenvalue weighted by molar-refractivity contribution is 7.47. The zero-order chi connectivity index (χ0) is 48.4. The number of unbranched alkanes of at least 4 members (excludes halogenated alkanes) is 27. The largest absolute Gasteiger partial charge is 0.472 e. The molecule has 0 aliphatic rings. The van der Waals surface area contributed by atoms with Gasteiger partial charge in [0, 0.05) is 19.3 Å². The van der Waals surface area contributed by atoms with Crippen molar-refractivity contribution < 1.29 is 52.2 Å². The molecule has 0 aromatic carbocycles. The van der Waals surface area contributed by atoms with Gasteiger partial charge in [-0.1, -0.05) is 198 Å². The summed E-state index contributed by atoms with van der Waals surface area (Å²) in [7, 11) is -4.74. The number of allylic oxidation sites excluding steroid dienone is 6. The van der Waals surface area contributed by atoms with Crippen LogP contribution in [0, 0.1) is 0 Å². The monoisotopic (exact) mass is 955 g/mol. The molecule has 2 N–H and O–H groups in total. The Kier molecular flexibility index (Phi) is 47.4. The average Bonchev–Trinajstić information content (AvgIpc) is 3.30. The minimum atomic E-state index is -4.74. The molecule has 0 fully saturated rings. The average molecular weight is 955 g/mol. The molecule has 0 heterocycles. The zero-order valence-electron chi connectivity index (χ0n) is 42.4. The summed E-state index contributed by atoms with van der Waals surface area (Å²) in [5.74, 6) is -1.48. The van der Waals surface area contributed by atoms with E-state index in [4.69, 9.17) is 23.3 Å². The molecule has 0 bridgehead atoms. The maximum atomic E-state index is 12.9. The number of phosphoric acid groups is 1. The number of rotatable bonds is 50. The lowest BCUT2D eigenvalue weighted by Crippen LogP contribution is -2.30. The molecule has 0 aliphatic carbocycles. The van der Waals surface area contributed by atoms with Crippen LogP contribution in [0.25, 0.3) is 0 Å². The molecule has 66 heavy (non-hydrogen) atoms. The SMILES string of the molecule is CCC/C=C\C/C=C\CCCCCCCC(=O)OCC(COP(=O)(O)OCC(CO)OC(=O)CCCCCCCCCCC)OC(=O)CCCCCCCCC/C=C\CCCCCCCC. The van der Waals surface area contributed by atoms with Gasteiger partial charge in [-0.25, -0.2) is 4.57 Å². The number of carbonyl (C=O) groups excluding carboxylic acids is 3. The van der Waals surface area contributed by atoms with Crippen LogP contribution in [0.15, 0.2) is 36.5 Å². The highest BCUT2D eigenvalue weighted by atomic mass is 31.2. The van der Waals surface area contributed by atoms with Gasteiger partial charge in [-0.3, -0.25) is 23.4 Å². The van der Waals surface area contributed by atoms with Crippen LogP contribution in [0.2, 0.25) is 0 Å². The summed E-state index contributed by atoms with van der Waals surface area (Å²) in [4.78, 5) is 48.3. The van der Waals surface area contributed by atoms with Crippen LogP contribution >= 0.6 is 7.82 Å². The van der Waals surface area contributed by atoms with Gasteiger partial charge in [-0.05, 0) is 70.6 Å². The molecule has 0 aliphatic heterocycles. The first kappa shape index (κ1) is 63.7. The summed E-state index contributed by atoms with van der Waals surface area (Å²) in [6.45, 7) is 4.54. The second kappa shape index (κ2) is 49.1. The number of hydrogen-bond acceptors (Lipinski definition) is 10. The predicted molar refractivity (Wildman–Crippen MR) is 270 cm³/mol. The van der Waals surface area contributed by atoms with Crippen molar-refractivity contribution in [2.45, 2.75) is 264 Å². The molecule has 386 valence electrons. The molecule has 11 nitrogen and oxygen atoms in total. The molecule has 0 aromatic heterocycles. The smallest absolute Gasteiger partial charge is 0.462 e. The molecule has 3 atom stereocenters. The molecule has 0 saturated carbocycles. The first-order valence-electron chi connectivity index (χ1n) is 26.9. The maximum absolute atomic E-state index is 12.9. The van der Waals surface area contributed by atoms with Gasteiger partial charge in [-0.15, -0.1) is 0 Å². The fraction of sp³-hybridized carbons (Fsp3) is 0.833. The Bertz CT molecular complexity index is 1250. The molecule has 0 spiro atoms. The van der Waals surface area contributed by atoms with Gasteiger partial charge in [-0.2, -0.15) is 0 Å². The summed E-state index contributed by atoms with van der Waals surface area (Å²) in [6.07, 6.45) is 48.3. The van der Waals surface area contributed by atoms with Gasteiger partial charge in [0.25, 0.3) is 0 Å². The van der Waals surface area contributed by atoms with Crippen molar-refractivity contribution in [1.82, 2.24) is 0 Å². The minimum absolute atomic E-state index is 0.162. The Hall–Kier alpha value is -2.30. The molecule has 0 amide bonds. The van der Waals surface area contributed by atoms with Crippen molar-refractivity contribution in [3.8, 4) is 0 Å². The molecule has 0 aromatic rings. The number of aliphatic hydroxyl groups is 1. The number of hydrogen-bond donors (Lipinski definition) is 2. The number of aliphatic hydroxyl groups excluding tert-OH is 1. The third-order valence-electron chi connectivity index (χ3n) is 11.5. The van der Waals surface area contributed by atoms with Crippen LogP contribution in [0.5, 0.6) is 0 Å². The number of ether oxygens (including phenoxy) is 3. The Morgan fingerprint density at radius 3 is 1.20 bits per heavy atom. The van der Waals surface area contributed by atoms with Crippen molar-refractivity contribution in [1.29, 1.82) is 0 Å². The Morgan fingerprint density at radius 1 is 0.424 bits per heavy atom. The molecular formula is C54H99O11P. The molecule has 0 saturated heterocycles. The normalized spacial score (nSPS) is 13.7. The van der Waals surface area contributed by atoms with Crippen LogP contribution in [0.4, 0.5) is 0 Å². The number of phosphoric ester groups is 1. The van der Waals surface area contributed by atoms with Crippen molar-refractivity contribution in [3.63, 3.8) is 0 Å². The van der Waals surface area contributed by atoms with Gasteiger partial charge in [0.05, 0.1) is 19.8 Å². The topological polar surface area (TPSA) is 155 Å². The fourth-order valence-corrected chi connectivity index (χ4v) is 8.17. The standard InChI is InChI=1S/C54H99O11P/c1-4-7-10-13-16-19-21-23-24-25-26-28-30-33-36-39-42-45-54(58)65-51(47-61-52(56)43-40-37-34-32-29-27-22-20-17-14-11-8-5-2)49-63-66(59,60)62-48-50(46-55)64-53(57)44-41-38-35-31-18-15-12-9-6-3/h11,14,20,22-24,50-51,55H,4-10,12-13,15-19,21,25-49H2,1-3H3,(H,59,60)/b14-11-,22-20-,24-23-. The van der Waals surface area contributed by atoms with Crippen LogP contribution < -0.4 is 0 Å². The molecular weight excluding hydrogens is 856 g/mol. The van der Waals surface area contributed by atoms with E-state index >= 15 is 0 Å². The second-order valence-corrected chi connectivity index (χ2v) is 19.5. The Morgan fingerprint density at radius 2 is 0.773 bits per heavy atom. The first-order chi connectivity index (χ1) is 32.2. The van der Waals surface area contributed by atoms with E-state index in [-0.39, 0.29) is 25.9 Å². The van der Waals surface area contributed by atoms with Crippen LogP contribution in [-0.4, -0.2) is 66.5 Å². The van der Waals surface area contributed by atoms with E-state index in [0.717, 1.165) is 89.9 Å². The van der Waals surface area contributed by atoms with Crippen LogP contribution in [0.1, 0.15) is 252 Å². The van der Waals surface area contributed by atoms with E-state index in [9.17, 15) is 28.9 Å². The van der Waals surface area contributed by atoms with E-state index in [1.165, 1.54) is 103 Å². The van der Waals surface area contributed by atoms with Crippen molar-refractivity contribution in [2.75, 3.05) is 26.4 Å². The third-order valence-corrected chi connectivity index (χ3v) is 12.5. The summed E-state index contributed by atoms with van der Waals surface area (Å²) in [5.41, 5.74) is 0. The van der Waals surface area contributed by atoms with E-state index in [2.05, 4.69) is 57.2 Å². The van der Waals surface area contributed by atoms with E-state index in [0.29, 0.717) is 19.3 Å². The lowest BCUT2D eigenvalue weighted by molar-refractivity contribution is -0.161. The molecule has 3 unspecified atom stereocenters. The Labute approximate surface area is 403 Å². The molecule has 12 heteroatoms.